The summed E-state index contributed by atoms with van der Waals surface area (Å²) in [6.45, 7) is 2.54. The molecule has 0 atom stereocenters. The molecule has 0 amide bonds. The molecule has 52 valence electrons. The van der Waals surface area contributed by atoms with Crippen LogP contribution >= 0.6 is 24.8 Å². The van der Waals surface area contributed by atoms with Gasteiger partial charge in [0.1, 0.15) is 0 Å². The normalized spacial score (nSPS) is 5.62. The minimum Gasteiger partial charge on any atom is -0.370 e. The molecule has 0 spiro atoms. The monoisotopic (exact) mass is 159 g/mol. The fourth-order valence-corrected chi connectivity index (χ4v) is 0.183. The summed E-state index contributed by atoms with van der Waals surface area (Å²) in [6.07, 6.45) is 0. The number of hydrogen-bond donors (Lipinski definition) is 2. The maximum atomic E-state index is 4.93. The third kappa shape index (κ3) is 16.9. The lowest BCUT2D eigenvalue weighted by atomic mass is 10.8. The van der Waals surface area contributed by atoms with E-state index in [0.29, 0.717) is 6.54 Å². The molecule has 0 aromatic carbocycles. The summed E-state index contributed by atoms with van der Waals surface area (Å²) in [5.74, 6) is 0.164. The average molecular weight is 160 g/mol. The Morgan fingerprint density at radius 1 is 1.38 bits per heavy atom. The maximum Gasteiger partial charge on any atom is 0.185 e. The molecular weight excluding hydrogens is 149 g/mol. The van der Waals surface area contributed by atoms with E-state index in [4.69, 9.17) is 11.5 Å². The van der Waals surface area contributed by atoms with Gasteiger partial charge in [-0.15, -0.1) is 24.8 Å². The van der Waals surface area contributed by atoms with Crippen molar-refractivity contribution < 1.29 is 0 Å². The second-order valence-corrected chi connectivity index (χ2v) is 0.899. The van der Waals surface area contributed by atoms with Gasteiger partial charge < -0.3 is 11.5 Å². The predicted molar refractivity (Wildman–Crippen MR) is 40.8 cm³/mol. The fraction of sp³-hybridized carbons (Fsp3) is 0.667. The molecule has 0 fully saturated rings. The number of halogens is 2. The lowest BCUT2D eigenvalue weighted by molar-refractivity contribution is 1.11. The predicted octanol–water partition coefficient (Wildman–Crippen LogP) is 0.123. The molecule has 0 unspecified atom stereocenters. The molecular formula is C3H11Cl2N3. The highest BCUT2D eigenvalue weighted by atomic mass is 35.5. The molecule has 0 saturated heterocycles. The van der Waals surface area contributed by atoms with Gasteiger partial charge in [-0.25, -0.2) is 0 Å². The van der Waals surface area contributed by atoms with Crippen LogP contribution in [0.15, 0.2) is 4.99 Å². The van der Waals surface area contributed by atoms with Crippen LogP contribution in [0.1, 0.15) is 6.92 Å². The lowest BCUT2D eigenvalue weighted by Gasteiger charge is -1.82. The molecule has 0 bridgehead atoms. The Kier molecular flexibility index (Phi) is 19.5. The molecule has 0 aliphatic rings. The van der Waals surface area contributed by atoms with Gasteiger partial charge in [-0.1, -0.05) is 0 Å². The molecule has 4 N–H and O–H groups in total. The number of rotatable bonds is 1. The van der Waals surface area contributed by atoms with Crippen LogP contribution in [0, 0.1) is 0 Å². The van der Waals surface area contributed by atoms with Gasteiger partial charge in [-0.2, -0.15) is 0 Å². The molecule has 0 aromatic rings. The van der Waals surface area contributed by atoms with Gasteiger partial charge in [0.25, 0.3) is 0 Å². The van der Waals surface area contributed by atoms with Crippen molar-refractivity contribution in [2.45, 2.75) is 6.92 Å². The molecule has 8 heavy (non-hydrogen) atoms. The first kappa shape index (κ1) is 15.7. The SMILES string of the molecule is CCN=C(N)N.Cl.Cl. The van der Waals surface area contributed by atoms with E-state index in [0.717, 1.165) is 0 Å². The summed E-state index contributed by atoms with van der Waals surface area (Å²) in [6, 6.07) is 0. The Morgan fingerprint density at radius 2 is 1.75 bits per heavy atom. The summed E-state index contributed by atoms with van der Waals surface area (Å²) in [5, 5.41) is 0. The van der Waals surface area contributed by atoms with Crippen molar-refractivity contribution in [3.63, 3.8) is 0 Å². The number of guanidine groups is 1. The van der Waals surface area contributed by atoms with Crippen LogP contribution < -0.4 is 11.5 Å². The van der Waals surface area contributed by atoms with Gasteiger partial charge in [0.2, 0.25) is 0 Å². The summed E-state index contributed by atoms with van der Waals surface area (Å²) in [7, 11) is 0. The number of nitrogens with zero attached hydrogens (tertiary/aromatic N) is 1. The summed E-state index contributed by atoms with van der Waals surface area (Å²) < 4.78 is 0. The third-order valence-corrected chi connectivity index (χ3v) is 0.341. The van der Waals surface area contributed by atoms with E-state index in [2.05, 4.69) is 4.99 Å². The van der Waals surface area contributed by atoms with Crippen molar-refractivity contribution in [3.8, 4) is 0 Å². The van der Waals surface area contributed by atoms with Gasteiger partial charge in [-0.3, -0.25) is 4.99 Å². The number of hydrogen-bond acceptors (Lipinski definition) is 1. The Morgan fingerprint density at radius 3 is 1.75 bits per heavy atom. The van der Waals surface area contributed by atoms with E-state index in [9.17, 15) is 0 Å². The first-order valence-corrected chi connectivity index (χ1v) is 1.82. The van der Waals surface area contributed by atoms with E-state index < -0.39 is 0 Å². The first-order valence-electron chi connectivity index (χ1n) is 1.82. The molecule has 0 saturated carbocycles. The van der Waals surface area contributed by atoms with Crippen LogP contribution in [-0.4, -0.2) is 12.5 Å². The van der Waals surface area contributed by atoms with Gasteiger partial charge in [0.15, 0.2) is 5.96 Å². The van der Waals surface area contributed by atoms with E-state index >= 15 is 0 Å². The minimum absolute atomic E-state index is 0. The zero-order chi connectivity index (χ0) is 4.99. The van der Waals surface area contributed by atoms with Gasteiger partial charge in [0.05, 0.1) is 0 Å². The van der Waals surface area contributed by atoms with E-state index in [1.54, 1.807) is 0 Å². The van der Waals surface area contributed by atoms with Crippen molar-refractivity contribution in [2.75, 3.05) is 6.54 Å². The molecule has 0 heterocycles. The third-order valence-electron chi connectivity index (χ3n) is 0.341. The number of aliphatic imine (C=N–C) groups is 1. The molecule has 0 aliphatic heterocycles. The quantitative estimate of drug-likeness (QED) is 0.422. The Hall–Kier alpha value is -0.150. The van der Waals surface area contributed by atoms with E-state index in [-0.39, 0.29) is 30.8 Å². The van der Waals surface area contributed by atoms with Crippen LogP contribution in [-0.2, 0) is 0 Å². The Labute approximate surface area is 61.4 Å². The topological polar surface area (TPSA) is 64.4 Å². The first-order chi connectivity index (χ1) is 2.77. The molecule has 3 nitrogen and oxygen atoms in total. The molecule has 5 heteroatoms. The fourth-order valence-electron chi connectivity index (χ4n) is 0.183. The average Bonchev–Trinajstić information content (AvgIpc) is 1.35. The second-order valence-electron chi connectivity index (χ2n) is 0.899. The van der Waals surface area contributed by atoms with E-state index in [1.807, 2.05) is 6.92 Å². The smallest absolute Gasteiger partial charge is 0.185 e. The van der Waals surface area contributed by atoms with Crippen LogP contribution in [0.4, 0.5) is 0 Å². The van der Waals surface area contributed by atoms with Crippen LogP contribution in [0.5, 0.6) is 0 Å². The highest BCUT2D eigenvalue weighted by Crippen LogP contribution is 1.58. The maximum absolute atomic E-state index is 4.93. The van der Waals surface area contributed by atoms with Gasteiger partial charge in [-0.05, 0) is 6.92 Å². The summed E-state index contributed by atoms with van der Waals surface area (Å²) >= 11 is 0. The van der Waals surface area contributed by atoms with Crippen LogP contribution in [0.3, 0.4) is 0 Å². The summed E-state index contributed by atoms with van der Waals surface area (Å²) in [4.78, 5) is 3.60. The van der Waals surface area contributed by atoms with Crippen LogP contribution in [0.25, 0.3) is 0 Å². The zero-order valence-electron chi connectivity index (χ0n) is 4.63. The van der Waals surface area contributed by atoms with Crippen LogP contribution in [0.2, 0.25) is 0 Å². The lowest BCUT2D eigenvalue weighted by Crippen LogP contribution is -2.22. The summed E-state index contributed by atoms with van der Waals surface area (Å²) in [5.41, 5.74) is 9.86. The molecule has 0 aromatic heterocycles. The highest BCUT2D eigenvalue weighted by molar-refractivity contribution is 5.85. The largest absolute Gasteiger partial charge is 0.370 e. The zero-order valence-corrected chi connectivity index (χ0v) is 6.26. The molecule has 0 aliphatic carbocycles. The highest BCUT2D eigenvalue weighted by Gasteiger charge is 1.68. The van der Waals surface area contributed by atoms with Crippen molar-refractivity contribution in [2.24, 2.45) is 16.5 Å². The standard InChI is InChI=1S/C3H9N3.2ClH/c1-2-6-3(4)5;;/h2H2,1H3,(H4,4,5,6);2*1H. The van der Waals surface area contributed by atoms with Gasteiger partial charge >= 0.3 is 0 Å². The molecule has 0 radical (unpaired) electrons. The minimum atomic E-state index is 0. The van der Waals surface area contributed by atoms with Gasteiger partial charge in [0, 0.05) is 6.54 Å². The van der Waals surface area contributed by atoms with Crippen molar-refractivity contribution >= 4 is 30.8 Å². The molecule has 0 rings (SSSR count). The van der Waals surface area contributed by atoms with Crippen molar-refractivity contribution in [3.05, 3.63) is 0 Å². The van der Waals surface area contributed by atoms with Crippen molar-refractivity contribution in [1.29, 1.82) is 0 Å². The number of nitrogens with two attached hydrogens (primary N) is 2. The van der Waals surface area contributed by atoms with Crippen molar-refractivity contribution in [1.82, 2.24) is 0 Å². The van der Waals surface area contributed by atoms with E-state index in [1.165, 1.54) is 0 Å². The Balaban J connectivity index is -0.000000125. The second kappa shape index (κ2) is 9.97. The Bertz CT molecular complexity index is 59.5.